The highest BCUT2D eigenvalue weighted by Gasteiger charge is 2.31. The van der Waals surface area contributed by atoms with Gasteiger partial charge < -0.3 is 26.2 Å². The van der Waals surface area contributed by atoms with Gasteiger partial charge in [0.2, 0.25) is 0 Å². The second kappa shape index (κ2) is 16.5. The number of aliphatic imine (C=N–C) groups is 1. The molecule has 0 atom stereocenters. The summed E-state index contributed by atoms with van der Waals surface area (Å²) in [5, 5.41) is 28.7. The maximum Gasteiger partial charge on any atom is 0.390 e. The molecule has 42 heavy (non-hydrogen) atoms. The fourth-order valence-electron chi connectivity index (χ4n) is 3.88. The maximum absolute atomic E-state index is 12.9. The van der Waals surface area contributed by atoms with E-state index in [-0.39, 0.29) is 24.5 Å². The predicted molar refractivity (Wildman–Crippen MR) is 159 cm³/mol. The second-order valence-electron chi connectivity index (χ2n) is 9.39. The first-order valence-electron chi connectivity index (χ1n) is 13.0. The number of nitrogens with two attached hydrogens (primary N) is 1. The maximum atomic E-state index is 12.9. The van der Waals surface area contributed by atoms with Crippen LogP contribution < -0.4 is 11.1 Å². The number of piperidine rings is 1. The number of likely N-dealkylation sites (tertiary alicyclic amines) is 1. The number of nitrogens with zero attached hydrogens (tertiary/aromatic N) is 3. The number of phenolic OH excluding ortho intramolecular Hbond substituents is 1. The lowest BCUT2D eigenvalue weighted by molar-refractivity contribution is -0.135. The normalized spacial score (nSPS) is 15.8. The third-order valence-electron chi connectivity index (χ3n) is 6.13. The number of benzene rings is 2. The molecule has 0 spiro atoms. The number of carbonyl (C=O) groups is 1. The molecular weight excluding hydrogens is 573 g/mol. The van der Waals surface area contributed by atoms with Crippen LogP contribution in [0.25, 0.3) is 0 Å². The van der Waals surface area contributed by atoms with Crippen LogP contribution in [0, 0.1) is 5.41 Å². The number of amides is 2. The highest BCUT2D eigenvalue weighted by atomic mass is 35.5. The highest BCUT2D eigenvalue weighted by Crippen LogP contribution is 2.22. The third kappa shape index (κ3) is 11.2. The first-order valence-corrected chi connectivity index (χ1v) is 13.4. The molecule has 0 aliphatic carbocycles. The van der Waals surface area contributed by atoms with Crippen molar-refractivity contribution in [2.24, 2.45) is 10.7 Å². The van der Waals surface area contributed by atoms with Gasteiger partial charge in [-0.3, -0.25) is 15.3 Å². The van der Waals surface area contributed by atoms with Gasteiger partial charge >= 0.3 is 12.2 Å². The zero-order valence-electron chi connectivity index (χ0n) is 23.3. The number of hydrogen-bond donors (Lipinski definition) is 5. The summed E-state index contributed by atoms with van der Waals surface area (Å²) in [6, 6.07) is 11.7. The minimum absolute atomic E-state index is 0.0719. The van der Waals surface area contributed by atoms with E-state index in [0.29, 0.717) is 35.1 Å². The molecule has 0 saturated carbocycles. The summed E-state index contributed by atoms with van der Waals surface area (Å²) in [7, 11) is 1.95. The van der Waals surface area contributed by atoms with Crippen LogP contribution in [0.5, 0.6) is 5.75 Å². The topological polar surface area (TPSA) is 138 Å². The fourth-order valence-corrected chi connectivity index (χ4v) is 4.07. The molecule has 0 aromatic heterocycles. The van der Waals surface area contributed by atoms with Crippen LogP contribution in [0.15, 0.2) is 77.4 Å². The van der Waals surface area contributed by atoms with Crippen molar-refractivity contribution in [2.45, 2.75) is 25.6 Å². The van der Waals surface area contributed by atoms with Gasteiger partial charge in [-0.15, -0.1) is 6.58 Å². The molecule has 9 nitrogen and oxygen atoms in total. The van der Waals surface area contributed by atoms with Crippen molar-refractivity contribution in [3.05, 3.63) is 88.6 Å². The molecule has 1 aliphatic heterocycles. The summed E-state index contributed by atoms with van der Waals surface area (Å²) >= 11 is 6.25. The van der Waals surface area contributed by atoms with Crippen molar-refractivity contribution >= 4 is 29.2 Å². The number of phenols is 1. The minimum Gasteiger partial charge on any atom is -0.508 e. The molecule has 1 fully saturated rings. The molecule has 6 N–H and O–H groups in total. The van der Waals surface area contributed by atoms with Crippen LogP contribution in [0.2, 0.25) is 5.02 Å². The molecule has 0 unspecified atom stereocenters. The summed E-state index contributed by atoms with van der Waals surface area (Å²) in [6.45, 7) is 4.04. The fraction of sp³-hybridized carbons (Fsp3) is 0.345. The molecule has 2 amide bonds. The monoisotopic (exact) mass is 608 g/mol. The number of aliphatic hydroxyl groups excluding tert-OH is 1. The van der Waals surface area contributed by atoms with Crippen LogP contribution >= 0.6 is 11.6 Å². The second-order valence-corrected chi connectivity index (χ2v) is 9.80. The van der Waals surface area contributed by atoms with E-state index in [1.807, 2.05) is 25.2 Å². The lowest BCUT2D eigenvalue weighted by Crippen LogP contribution is -2.46. The Balaban J connectivity index is 0.00000144. The van der Waals surface area contributed by atoms with Gasteiger partial charge in [0.05, 0.1) is 31.8 Å². The Labute approximate surface area is 248 Å². The van der Waals surface area contributed by atoms with E-state index >= 15 is 0 Å². The zero-order valence-corrected chi connectivity index (χ0v) is 24.0. The average Bonchev–Trinajstić information content (AvgIpc) is 2.95. The quantitative estimate of drug-likeness (QED) is 0.168. The van der Waals surface area contributed by atoms with Crippen LogP contribution in [-0.4, -0.2) is 83.6 Å². The van der Waals surface area contributed by atoms with Crippen LogP contribution in [0.3, 0.4) is 0 Å². The van der Waals surface area contributed by atoms with Gasteiger partial charge in [0.25, 0.3) is 0 Å². The minimum atomic E-state index is -4.52. The van der Waals surface area contributed by atoms with Gasteiger partial charge in [0.1, 0.15) is 11.6 Å². The first kappa shape index (κ1) is 34.3. The average molecular weight is 609 g/mol. The molecule has 3 rings (SSSR count). The SMILES string of the molecule is C=CCO.CN1CC/C(=C(/N)CNC(=O)N(CCC(F)(F)F)C(=N)c2ccc(O)cc2)C(=NCc2ccccc2Cl)C1. The summed E-state index contributed by atoms with van der Waals surface area (Å²) in [6.07, 6.45) is -3.79. The standard InChI is InChI=1S/C26H30ClF3N6O2.C3H6O/c1-35-12-10-20(23(16-35)33-14-18-4-2-3-5-21(18)27)22(31)15-34-25(38)36(13-11-26(28,29)30)24(32)17-6-8-19(37)9-7-17;1-2-3-4/h2-9,32,37H,10-16,31H2,1H3,(H,34,38);2,4H,1,3H2/b22-20-,32-24?,33-23?;. The largest absolute Gasteiger partial charge is 0.508 e. The molecule has 13 heteroatoms. The van der Waals surface area contributed by atoms with Crippen molar-refractivity contribution in [2.75, 3.05) is 39.8 Å². The number of amidine groups is 1. The number of hydrogen-bond acceptors (Lipinski definition) is 7. The zero-order chi connectivity index (χ0) is 31.3. The Morgan fingerprint density at radius 2 is 1.90 bits per heavy atom. The van der Waals surface area contributed by atoms with Crippen LogP contribution in [-0.2, 0) is 6.54 Å². The van der Waals surface area contributed by atoms with E-state index in [2.05, 4.69) is 16.8 Å². The van der Waals surface area contributed by atoms with Crippen molar-refractivity contribution in [3.8, 4) is 5.75 Å². The summed E-state index contributed by atoms with van der Waals surface area (Å²) < 4.78 is 38.8. The van der Waals surface area contributed by atoms with Crippen molar-refractivity contribution in [1.82, 2.24) is 15.1 Å². The van der Waals surface area contributed by atoms with Gasteiger partial charge in [-0.25, -0.2) is 4.79 Å². The molecule has 2 aromatic rings. The van der Waals surface area contributed by atoms with E-state index in [9.17, 15) is 23.1 Å². The number of rotatable bonds is 8. The van der Waals surface area contributed by atoms with Gasteiger partial charge in [-0.1, -0.05) is 35.9 Å². The predicted octanol–water partition coefficient (Wildman–Crippen LogP) is 4.69. The number of urea groups is 1. The number of alkyl halides is 3. The van der Waals surface area contributed by atoms with E-state index in [1.165, 1.54) is 30.3 Å². The number of nitrogens with one attached hydrogen (secondary N) is 2. The van der Waals surface area contributed by atoms with Gasteiger partial charge in [-0.2, -0.15) is 13.2 Å². The Hall–Kier alpha value is -3.87. The van der Waals surface area contributed by atoms with Gasteiger partial charge in [0.15, 0.2) is 0 Å². The highest BCUT2D eigenvalue weighted by molar-refractivity contribution is 6.31. The van der Waals surface area contributed by atoms with E-state index < -0.39 is 31.0 Å². The van der Waals surface area contributed by atoms with Gasteiger partial charge in [-0.05, 0) is 54.9 Å². The number of aromatic hydroxyl groups is 1. The number of halogens is 4. The summed E-state index contributed by atoms with van der Waals surface area (Å²) in [4.78, 5) is 20.4. The molecule has 1 heterocycles. The van der Waals surface area contributed by atoms with E-state index in [0.717, 1.165) is 23.4 Å². The molecule has 228 valence electrons. The smallest absolute Gasteiger partial charge is 0.390 e. The Morgan fingerprint density at radius 3 is 2.50 bits per heavy atom. The van der Waals surface area contributed by atoms with Crippen molar-refractivity contribution in [3.63, 3.8) is 0 Å². The van der Waals surface area contributed by atoms with Crippen LogP contribution in [0.1, 0.15) is 24.0 Å². The number of carbonyl (C=O) groups excluding carboxylic acids is 1. The van der Waals surface area contributed by atoms with Crippen molar-refractivity contribution in [1.29, 1.82) is 5.41 Å². The Morgan fingerprint density at radius 1 is 1.26 bits per heavy atom. The number of aliphatic hydroxyl groups is 1. The first-order chi connectivity index (χ1) is 19.9. The molecular formula is C29H36ClF3N6O3. The summed E-state index contributed by atoms with van der Waals surface area (Å²) in [5.41, 5.74) is 9.23. The van der Waals surface area contributed by atoms with Crippen molar-refractivity contribution < 1.29 is 28.2 Å². The van der Waals surface area contributed by atoms with Gasteiger partial charge in [0, 0.05) is 35.9 Å². The third-order valence-corrected chi connectivity index (χ3v) is 6.50. The molecule has 1 aliphatic rings. The lowest BCUT2D eigenvalue weighted by atomic mass is 9.99. The molecule has 1 saturated heterocycles. The Kier molecular flexibility index (Phi) is 13.5. The van der Waals surface area contributed by atoms with Crippen LogP contribution in [0.4, 0.5) is 18.0 Å². The Bertz CT molecular complexity index is 1280. The summed E-state index contributed by atoms with van der Waals surface area (Å²) in [5.74, 6) is -0.503. The lowest BCUT2D eigenvalue weighted by Gasteiger charge is -2.28. The molecule has 0 bridgehead atoms. The molecule has 2 aromatic carbocycles. The molecule has 0 radical (unpaired) electrons. The van der Waals surface area contributed by atoms with E-state index in [1.54, 1.807) is 6.07 Å². The van der Waals surface area contributed by atoms with E-state index in [4.69, 9.17) is 32.8 Å².